The lowest BCUT2D eigenvalue weighted by atomic mass is 9.56. The smallest absolute Gasteiger partial charge is 0.226 e. The topological polar surface area (TPSA) is 30.0 Å². The summed E-state index contributed by atoms with van der Waals surface area (Å²) in [6, 6.07) is 58.4. The third-order valence-electron chi connectivity index (χ3n) is 20.1. The molecule has 6 aromatic rings. The van der Waals surface area contributed by atoms with Gasteiger partial charge in [0.15, 0.2) is 0 Å². The number of piperazine rings is 3. The summed E-state index contributed by atoms with van der Waals surface area (Å²) in [5.74, 6) is 1.87. The summed E-state index contributed by atoms with van der Waals surface area (Å²) in [5, 5.41) is 0. The SMILES string of the molecule is CC1(C)c2ccccc2-c2c(N3C4CCC5C6CCCCC6C(=O)N6C7CCCC8C7N(C4C56)C4C(CCCC43)N8c3c(-c4ccccc4)cc(-c4ccccc4)cc3-c3ccccc3)cccc21. The molecule has 5 heteroatoms. The predicted octanol–water partition coefficient (Wildman–Crippen LogP) is 13.4. The van der Waals surface area contributed by atoms with Crippen LogP contribution in [0.15, 0.2) is 146 Å². The summed E-state index contributed by atoms with van der Waals surface area (Å²) < 4.78 is 0. The molecule has 12 unspecified atom stereocenters. The number of fused-ring (bicyclic) bond motifs is 6. The Morgan fingerprint density at radius 2 is 0.971 bits per heavy atom. The first-order chi connectivity index (χ1) is 34.0. The molecule has 0 radical (unpaired) electrons. The molecule has 0 N–H and O–H groups in total. The van der Waals surface area contributed by atoms with Crippen molar-refractivity contribution in [3.05, 3.63) is 157 Å². The van der Waals surface area contributed by atoms with Gasteiger partial charge in [0, 0.05) is 63.9 Å². The molecule has 8 fully saturated rings. The van der Waals surface area contributed by atoms with Crippen molar-refractivity contribution in [2.75, 3.05) is 9.80 Å². The summed E-state index contributed by atoms with van der Waals surface area (Å²) in [5.41, 5.74) is 16.4. The van der Waals surface area contributed by atoms with Crippen LogP contribution in [0.3, 0.4) is 0 Å². The van der Waals surface area contributed by atoms with E-state index in [1.54, 1.807) is 0 Å². The second kappa shape index (κ2) is 15.4. The van der Waals surface area contributed by atoms with Crippen LogP contribution in [0.25, 0.3) is 44.5 Å². The van der Waals surface area contributed by atoms with Crippen LogP contribution >= 0.6 is 0 Å². The van der Waals surface area contributed by atoms with Crippen molar-refractivity contribution in [3.8, 4) is 44.5 Å². The average Bonchev–Trinajstić information content (AvgIpc) is 3.65. The number of benzene rings is 6. The third-order valence-corrected chi connectivity index (χ3v) is 20.1. The van der Waals surface area contributed by atoms with Gasteiger partial charge >= 0.3 is 0 Å². The van der Waals surface area contributed by atoms with Crippen molar-refractivity contribution >= 4 is 17.3 Å². The molecule has 348 valence electrons. The molecule has 4 heterocycles. The third kappa shape index (κ3) is 5.71. The largest absolute Gasteiger partial charge is 0.362 e. The molecule has 0 spiro atoms. The fourth-order valence-electron chi connectivity index (χ4n) is 17.8. The van der Waals surface area contributed by atoms with E-state index in [0.29, 0.717) is 60.0 Å². The molecule has 6 aromatic carbocycles. The number of carbonyl (C=O) groups excluding carboxylic acids is 1. The Kier molecular flexibility index (Phi) is 9.20. The molecule has 69 heavy (non-hydrogen) atoms. The fourth-order valence-corrected chi connectivity index (χ4v) is 17.8. The van der Waals surface area contributed by atoms with Gasteiger partial charge in [-0.1, -0.05) is 154 Å². The van der Waals surface area contributed by atoms with E-state index in [9.17, 15) is 0 Å². The molecule has 5 nitrogen and oxygen atoms in total. The summed E-state index contributed by atoms with van der Waals surface area (Å²) >= 11 is 0. The number of piperidine rings is 1. The normalized spacial score (nSPS) is 33.2. The number of hydrogen-bond donors (Lipinski definition) is 0. The van der Waals surface area contributed by atoms with Gasteiger partial charge in [0.1, 0.15) is 0 Å². The van der Waals surface area contributed by atoms with Crippen molar-refractivity contribution in [3.63, 3.8) is 0 Å². The molecule has 4 saturated carbocycles. The minimum atomic E-state index is -0.0677. The van der Waals surface area contributed by atoms with Crippen LogP contribution in [0.4, 0.5) is 11.4 Å². The zero-order valence-electron chi connectivity index (χ0n) is 40.5. The van der Waals surface area contributed by atoms with Gasteiger partial charge in [-0.3, -0.25) is 9.69 Å². The predicted molar refractivity (Wildman–Crippen MR) is 280 cm³/mol. The maximum absolute atomic E-state index is 15.8. The highest BCUT2D eigenvalue weighted by molar-refractivity contribution is 5.96. The van der Waals surface area contributed by atoms with Gasteiger partial charge in [-0.15, -0.1) is 0 Å². The maximum Gasteiger partial charge on any atom is 0.226 e. The molecule has 0 bridgehead atoms. The average molecular weight is 907 g/mol. The highest BCUT2D eigenvalue weighted by Crippen LogP contribution is 2.62. The van der Waals surface area contributed by atoms with E-state index < -0.39 is 0 Å². The monoisotopic (exact) mass is 907 g/mol. The van der Waals surface area contributed by atoms with Crippen LogP contribution in [-0.2, 0) is 10.2 Å². The highest BCUT2D eigenvalue weighted by atomic mass is 16.2. The zero-order chi connectivity index (χ0) is 45.7. The van der Waals surface area contributed by atoms with Crippen molar-refractivity contribution in [1.82, 2.24) is 9.80 Å². The highest BCUT2D eigenvalue weighted by Gasteiger charge is 2.71. The van der Waals surface area contributed by atoms with Gasteiger partial charge in [-0.05, 0) is 133 Å². The Hall–Kier alpha value is -5.65. The second-order valence-corrected chi connectivity index (χ2v) is 23.4. The molecule has 0 aromatic heterocycles. The number of nitrogens with zero attached hydrogens (tertiary/aromatic N) is 4. The van der Waals surface area contributed by atoms with Gasteiger partial charge in [0.25, 0.3) is 0 Å². The van der Waals surface area contributed by atoms with Gasteiger partial charge in [0.05, 0.1) is 29.9 Å². The lowest BCUT2D eigenvalue weighted by Crippen LogP contribution is -2.91. The second-order valence-electron chi connectivity index (χ2n) is 23.4. The minimum Gasteiger partial charge on any atom is -0.362 e. The molecule has 12 atom stereocenters. The molecule has 4 saturated heterocycles. The maximum atomic E-state index is 15.8. The quantitative estimate of drug-likeness (QED) is 0.172. The van der Waals surface area contributed by atoms with E-state index in [0.717, 1.165) is 19.3 Å². The first-order valence-electron chi connectivity index (χ1n) is 27.2. The van der Waals surface area contributed by atoms with Gasteiger partial charge in [-0.2, -0.15) is 0 Å². The Morgan fingerprint density at radius 1 is 0.420 bits per heavy atom. The van der Waals surface area contributed by atoms with Crippen LogP contribution in [0.1, 0.15) is 102 Å². The number of rotatable bonds is 5. The van der Waals surface area contributed by atoms with E-state index in [-0.39, 0.29) is 23.4 Å². The molecule has 1 amide bonds. The number of carbonyl (C=O) groups is 1. The first kappa shape index (κ1) is 41.2. The molecular weight excluding hydrogens is 841 g/mol. The van der Waals surface area contributed by atoms with E-state index in [2.05, 4.69) is 179 Å². The summed E-state index contributed by atoms with van der Waals surface area (Å²) in [6.07, 6.45) is 14.4. The molecule has 5 aliphatic carbocycles. The number of hydrogen-bond acceptors (Lipinski definition) is 4. The van der Waals surface area contributed by atoms with Crippen LogP contribution in [0, 0.1) is 17.8 Å². The van der Waals surface area contributed by atoms with Gasteiger partial charge < -0.3 is 14.7 Å². The van der Waals surface area contributed by atoms with E-state index in [4.69, 9.17) is 0 Å². The van der Waals surface area contributed by atoms with Crippen LogP contribution in [0.2, 0.25) is 0 Å². The van der Waals surface area contributed by atoms with Crippen LogP contribution in [0.5, 0.6) is 0 Å². The van der Waals surface area contributed by atoms with Crippen molar-refractivity contribution in [2.24, 2.45) is 17.8 Å². The van der Waals surface area contributed by atoms with Crippen molar-refractivity contribution in [1.29, 1.82) is 0 Å². The summed E-state index contributed by atoms with van der Waals surface area (Å²) in [4.78, 5) is 28.0. The van der Waals surface area contributed by atoms with Gasteiger partial charge in [-0.25, -0.2) is 0 Å². The molecule has 9 aliphatic rings. The minimum absolute atomic E-state index is 0.0677. The lowest BCUT2D eigenvalue weighted by molar-refractivity contribution is -0.211. The Labute approximate surface area is 409 Å². The zero-order valence-corrected chi connectivity index (χ0v) is 40.5. The first-order valence-corrected chi connectivity index (χ1v) is 27.2. The van der Waals surface area contributed by atoms with Crippen LogP contribution in [-0.4, -0.2) is 70.1 Å². The Balaban J connectivity index is 0.992. The molecular formula is C64H66N4O. The Bertz CT molecular complexity index is 2920. The molecule has 4 aliphatic heterocycles. The van der Waals surface area contributed by atoms with Crippen molar-refractivity contribution < 1.29 is 4.79 Å². The van der Waals surface area contributed by atoms with E-state index in [1.807, 2.05) is 0 Å². The number of anilines is 2. The van der Waals surface area contributed by atoms with Crippen LogP contribution < -0.4 is 9.80 Å². The fraction of sp³-hybridized carbons (Fsp3) is 0.422. The van der Waals surface area contributed by atoms with E-state index >= 15 is 4.79 Å². The van der Waals surface area contributed by atoms with Crippen molar-refractivity contribution in [2.45, 2.75) is 151 Å². The summed E-state index contributed by atoms with van der Waals surface area (Å²) in [7, 11) is 0. The number of amides is 1. The van der Waals surface area contributed by atoms with Gasteiger partial charge in [0.2, 0.25) is 5.91 Å². The standard InChI is InChI=1S/C64H66N4O/c1-64(2)49-28-15-14-27-46(49)57-50(64)29-16-30-51(57)65-52-31-17-32-53-60(52)68-61-54(33-18-34-55(61)67-59-44(35-36-56(65)62(59)68)43-25-12-13-26-45(43)63(67)69)66(53)58-47(40-21-8-4-9-22-40)37-42(39-19-6-3-7-20-39)38-48(58)41-23-10-5-11-24-41/h3-11,14-16,19-24,27-30,37-38,43-45,52-56,59-62H,12-13,17-18,25-26,31-36H2,1-2H3. The Morgan fingerprint density at radius 3 is 1.64 bits per heavy atom. The lowest BCUT2D eigenvalue weighted by Gasteiger charge is -2.77. The molecule has 15 rings (SSSR count). The van der Waals surface area contributed by atoms with E-state index in [1.165, 1.54) is 125 Å². The summed E-state index contributed by atoms with van der Waals surface area (Å²) in [6.45, 7) is 4.91.